The Kier molecular flexibility index (Phi) is 4.87. The van der Waals surface area contributed by atoms with Gasteiger partial charge in [0.1, 0.15) is 0 Å². The smallest absolute Gasteiger partial charge is 0.0187 e. The van der Waals surface area contributed by atoms with Gasteiger partial charge < -0.3 is 5.73 Å². The summed E-state index contributed by atoms with van der Waals surface area (Å²) in [5.74, 6) is 2.71. The fraction of sp³-hybridized carbons (Fsp3) is 1.00. The van der Waals surface area contributed by atoms with E-state index in [2.05, 4.69) is 16.7 Å². The van der Waals surface area contributed by atoms with Crippen LogP contribution in [0.1, 0.15) is 19.3 Å². The van der Waals surface area contributed by atoms with Gasteiger partial charge in [-0.1, -0.05) is 0 Å². The van der Waals surface area contributed by atoms with Gasteiger partial charge in [-0.25, -0.2) is 0 Å². The van der Waals surface area contributed by atoms with Crippen molar-refractivity contribution in [1.29, 1.82) is 0 Å². The number of halogens is 1. The van der Waals surface area contributed by atoms with Crippen LogP contribution in [0, 0.1) is 0 Å². The molecule has 0 saturated carbocycles. The van der Waals surface area contributed by atoms with Gasteiger partial charge in [-0.3, -0.25) is 4.90 Å². The summed E-state index contributed by atoms with van der Waals surface area (Å²) in [5, 5.41) is 0. The Bertz CT molecular complexity index is 148. The Morgan fingerprint density at radius 2 is 2.15 bits per heavy atom. The number of nitrogens with two attached hydrogens (primary N) is 1. The van der Waals surface area contributed by atoms with E-state index in [9.17, 15) is 0 Å². The van der Waals surface area contributed by atoms with E-state index in [-0.39, 0.29) is 12.4 Å². The Labute approximate surface area is 91.0 Å². The first kappa shape index (κ1) is 11.6. The monoisotopic (exact) mass is 222 g/mol. The highest BCUT2D eigenvalue weighted by Gasteiger charge is 2.27. The molecule has 78 valence electrons. The van der Waals surface area contributed by atoms with E-state index in [4.69, 9.17) is 5.73 Å². The SMILES string of the molecule is Cl.N[C@H]1CCN(C2CCCSC2)C1. The summed E-state index contributed by atoms with van der Waals surface area (Å²) in [6.07, 6.45) is 4.02. The average molecular weight is 223 g/mol. The molecule has 2 heterocycles. The summed E-state index contributed by atoms with van der Waals surface area (Å²) in [4.78, 5) is 2.59. The molecule has 2 aliphatic heterocycles. The molecule has 0 aromatic rings. The summed E-state index contributed by atoms with van der Waals surface area (Å²) in [6, 6.07) is 1.30. The van der Waals surface area contributed by atoms with Gasteiger partial charge >= 0.3 is 0 Å². The van der Waals surface area contributed by atoms with Gasteiger partial charge in [-0.2, -0.15) is 11.8 Å². The maximum Gasteiger partial charge on any atom is 0.0187 e. The third-order valence-corrected chi connectivity index (χ3v) is 4.11. The molecule has 0 spiro atoms. The van der Waals surface area contributed by atoms with Crippen molar-refractivity contribution < 1.29 is 0 Å². The summed E-state index contributed by atoms with van der Waals surface area (Å²) in [7, 11) is 0. The van der Waals surface area contributed by atoms with Crippen LogP contribution in [0.15, 0.2) is 0 Å². The van der Waals surface area contributed by atoms with Crippen LogP contribution in [-0.4, -0.2) is 41.6 Å². The second-order valence-electron chi connectivity index (χ2n) is 3.91. The first-order valence-electron chi connectivity index (χ1n) is 4.93. The van der Waals surface area contributed by atoms with E-state index in [0.29, 0.717) is 6.04 Å². The van der Waals surface area contributed by atoms with Gasteiger partial charge in [0.15, 0.2) is 0 Å². The lowest BCUT2D eigenvalue weighted by molar-refractivity contribution is 0.244. The van der Waals surface area contributed by atoms with Crippen LogP contribution in [0.2, 0.25) is 0 Å². The van der Waals surface area contributed by atoms with Crippen LogP contribution >= 0.6 is 24.2 Å². The summed E-state index contributed by atoms with van der Waals surface area (Å²) in [6.45, 7) is 2.39. The van der Waals surface area contributed by atoms with Gasteiger partial charge in [0.25, 0.3) is 0 Å². The Balaban J connectivity index is 0.000000845. The van der Waals surface area contributed by atoms with E-state index >= 15 is 0 Å². The van der Waals surface area contributed by atoms with Crippen molar-refractivity contribution in [3.05, 3.63) is 0 Å². The summed E-state index contributed by atoms with van der Waals surface area (Å²) in [5.41, 5.74) is 5.88. The van der Waals surface area contributed by atoms with E-state index in [1.807, 2.05) is 0 Å². The fourth-order valence-corrected chi connectivity index (χ4v) is 3.35. The third kappa shape index (κ3) is 3.01. The minimum absolute atomic E-state index is 0. The quantitative estimate of drug-likeness (QED) is 0.726. The highest BCUT2D eigenvalue weighted by Crippen LogP contribution is 2.24. The lowest BCUT2D eigenvalue weighted by Crippen LogP contribution is -2.38. The van der Waals surface area contributed by atoms with E-state index in [0.717, 1.165) is 12.6 Å². The second-order valence-corrected chi connectivity index (χ2v) is 5.06. The number of thioether (sulfide) groups is 1. The zero-order valence-electron chi connectivity index (χ0n) is 7.95. The van der Waals surface area contributed by atoms with Crippen LogP contribution in [0.25, 0.3) is 0 Å². The molecular formula is C9H19ClN2S. The summed E-state index contributed by atoms with van der Waals surface area (Å²) >= 11 is 2.11. The molecule has 0 bridgehead atoms. The molecule has 13 heavy (non-hydrogen) atoms. The van der Waals surface area contributed by atoms with Crippen LogP contribution in [-0.2, 0) is 0 Å². The zero-order chi connectivity index (χ0) is 8.39. The maximum absolute atomic E-state index is 5.88. The molecule has 2 N–H and O–H groups in total. The molecule has 2 rings (SSSR count). The van der Waals surface area contributed by atoms with Crippen molar-refractivity contribution in [2.24, 2.45) is 5.73 Å². The number of nitrogens with zero attached hydrogens (tertiary/aromatic N) is 1. The molecule has 2 aliphatic rings. The van der Waals surface area contributed by atoms with Gasteiger partial charge in [0.05, 0.1) is 0 Å². The van der Waals surface area contributed by atoms with Gasteiger partial charge in [0.2, 0.25) is 0 Å². The predicted molar refractivity (Wildman–Crippen MR) is 61.8 cm³/mol. The molecule has 0 aromatic carbocycles. The maximum atomic E-state index is 5.88. The number of hydrogen-bond donors (Lipinski definition) is 1. The Hall–Kier alpha value is 0.560. The largest absolute Gasteiger partial charge is 0.326 e. The molecule has 2 fully saturated rings. The van der Waals surface area contributed by atoms with Crippen molar-refractivity contribution in [2.75, 3.05) is 24.6 Å². The van der Waals surface area contributed by atoms with Crippen LogP contribution in [0.4, 0.5) is 0 Å². The average Bonchev–Trinajstić information content (AvgIpc) is 2.54. The van der Waals surface area contributed by atoms with E-state index < -0.39 is 0 Å². The highest BCUT2D eigenvalue weighted by atomic mass is 35.5. The fourth-order valence-electron chi connectivity index (χ4n) is 2.16. The van der Waals surface area contributed by atoms with Crippen molar-refractivity contribution in [3.8, 4) is 0 Å². The predicted octanol–water partition coefficient (Wildman–Crippen LogP) is 1.34. The van der Waals surface area contributed by atoms with E-state index in [1.165, 1.54) is 37.3 Å². The minimum Gasteiger partial charge on any atom is -0.326 e. The number of likely N-dealkylation sites (tertiary alicyclic amines) is 1. The molecule has 0 amide bonds. The molecule has 4 heteroatoms. The van der Waals surface area contributed by atoms with Crippen molar-refractivity contribution >= 4 is 24.2 Å². The lowest BCUT2D eigenvalue weighted by Gasteiger charge is -2.30. The minimum atomic E-state index is 0. The molecule has 2 saturated heterocycles. The third-order valence-electron chi connectivity index (χ3n) is 2.91. The van der Waals surface area contributed by atoms with Crippen molar-refractivity contribution in [3.63, 3.8) is 0 Å². The van der Waals surface area contributed by atoms with Crippen LogP contribution in [0.5, 0.6) is 0 Å². The van der Waals surface area contributed by atoms with Gasteiger partial charge in [-0.15, -0.1) is 12.4 Å². The summed E-state index contributed by atoms with van der Waals surface area (Å²) < 4.78 is 0. The molecular weight excluding hydrogens is 204 g/mol. The molecule has 0 radical (unpaired) electrons. The zero-order valence-corrected chi connectivity index (χ0v) is 9.58. The first-order valence-corrected chi connectivity index (χ1v) is 6.09. The van der Waals surface area contributed by atoms with E-state index in [1.54, 1.807) is 0 Å². The molecule has 2 atom stereocenters. The van der Waals surface area contributed by atoms with Crippen molar-refractivity contribution in [1.82, 2.24) is 4.90 Å². The van der Waals surface area contributed by atoms with Crippen LogP contribution < -0.4 is 5.73 Å². The van der Waals surface area contributed by atoms with Gasteiger partial charge in [-0.05, 0) is 25.0 Å². The topological polar surface area (TPSA) is 29.3 Å². The molecule has 2 nitrogen and oxygen atoms in total. The van der Waals surface area contributed by atoms with Crippen LogP contribution in [0.3, 0.4) is 0 Å². The molecule has 0 aliphatic carbocycles. The second kappa shape index (κ2) is 5.44. The first-order chi connectivity index (χ1) is 5.86. The Morgan fingerprint density at radius 3 is 2.69 bits per heavy atom. The lowest BCUT2D eigenvalue weighted by atomic mass is 10.1. The van der Waals surface area contributed by atoms with Crippen molar-refractivity contribution in [2.45, 2.75) is 31.3 Å². The molecule has 0 aromatic heterocycles. The highest BCUT2D eigenvalue weighted by molar-refractivity contribution is 7.99. The number of hydrogen-bond acceptors (Lipinski definition) is 3. The standard InChI is InChI=1S/C9H18N2S.ClH/c10-8-3-4-11(6-8)9-2-1-5-12-7-9;/h8-9H,1-7,10H2;1H/t8-,9?;/m0./s1. The Morgan fingerprint density at radius 1 is 1.31 bits per heavy atom. The van der Waals surface area contributed by atoms with Gasteiger partial charge in [0, 0.05) is 30.9 Å². The number of rotatable bonds is 1. The normalized spacial score (nSPS) is 35.8. The molecule has 1 unspecified atom stereocenters.